The van der Waals surface area contributed by atoms with Crippen LogP contribution in [-0.2, 0) is 19.4 Å². The van der Waals surface area contributed by atoms with E-state index in [-0.39, 0.29) is 0 Å². The van der Waals surface area contributed by atoms with Crippen LogP contribution in [-0.4, -0.2) is 38.3 Å². The van der Waals surface area contributed by atoms with Crippen molar-refractivity contribution in [3.63, 3.8) is 0 Å². The lowest BCUT2D eigenvalue weighted by molar-refractivity contribution is -0.118. The van der Waals surface area contributed by atoms with Gasteiger partial charge in [-0.3, -0.25) is 9.59 Å². The fourth-order valence-electron chi connectivity index (χ4n) is 1.74. The van der Waals surface area contributed by atoms with E-state index < -0.39 is 33.2 Å². The largest absolute Gasteiger partial charge is 0.355 e. The van der Waals surface area contributed by atoms with E-state index in [0.29, 0.717) is 12.2 Å². The van der Waals surface area contributed by atoms with Gasteiger partial charge in [0.25, 0.3) is 0 Å². The minimum absolute atomic E-state index is 0.445. The minimum Gasteiger partial charge on any atom is -0.355 e. The van der Waals surface area contributed by atoms with E-state index in [1.165, 1.54) is 0 Å². The smallest absolute Gasteiger partial charge is 0.239 e. The average Bonchev–Trinajstić information content (AvgIpc) is 2.40. The Hall–Kier alpha value is -1.89. The van der Waals surface area contributed by atoms with Crippen LogP contribution in [0.25, 0.3) is 0 Å². The number of unbranched alkanes of at least 4 members (excludes halogenated alkanes) is 1. The zero-order valence-electron chi connectivity index (χ0n) is 12.9. The van der Waals surface area contributed by atoms with Crippen molar-refractivity contribution >= 4 is 27.3 Å². The van der Waals surface area contributed by atoms with Gasteiger partial charge in [0.1, 0.15) is 11.5 Å². The lowest BCUT2D eigenvalue weighted by atomic mass is 10.2. The van der Waals surface area contributed by atoms with E-state index in [2.05, 4.69) is 10.6 Å². The molecule has 1 aromatic carbocycles. The predicted octanol–water partition coefficient (Wildman–Crippen LogP) is 1.26. The highest BCUT2D eigenvalue weighted by Gasteiger charge is 2.20. The quantitative estimate of drug-likeness (QED) is 0.704. The topological polar surface area (TPSA) is 92.3 Å². The summed E-state index contributed by atoms with van der Waals surface area (Å²) in [6.07, 6.45) is 1.70. The van der Waals surface area contributed by atoms with Crippen LogP contribution in [0.15, 0.2) is 24.3 Å². The summed E-state index contributed by atoms with van der Waals surface area (Å²) in [6.45, 7) is 4.33. The van der Waals surface area contributed by atoms with Crippen molar-refractivity contribution in [2.24, 2.45) is 0 Å². The maximum Gasteiger partial charge on any atom is 0.239 e. The van der Waals surface area contributed by atoms with Crippen molar-refractivity contribution in [3.8, 4) is 0 Å². The van der Waals surface area contributed by atoms with Gasteiger partial charge in [0, 0.05) is 12.2 Å². The summed E-state index contributed by atoms with van der Waals surface area (Å²) in [5, 5.41) is 5.02. The maximum absolute atomic E-state index is 11.8. The van der Waals surface area contributed by atoms with Gasteiger partial charge < -0.3 is 10.6 Å². The third-order valence-electron chi connectivity index (χ3n) is 2.89. The van der Waals surface area contributed by atoms with Gasteiger partial charge in [0.2, 0.25) is 11.8 Å². The van der Waals surface area contributed by atoms with Crippen LogP contribution in [0.3, 0.4) is 0 Å². The summed E-state index contributed by atoms with van der Waals surface area (Å²) in [4.78, 5) is 23.2. The van der Waals surface area contributed by atoms with E-state index in [4.69, 9.17) is 0 Å². The van der Waals surface area contributed by atoms with Gasteiger partial charge in [0.15, 0.2) is 9.84 Å². The van der Waals surface area contributed by atoms with Crippen molar-refractivity contribution in [1.29, 1.82) is 0 Å². The Morgan fingerprint density at radius 1 is 1.05 bits per heavy atom. The van der Waals surface area contributed by atoms with Crippen LogP contribution in [0.1, 0.15) is 25.3 Å². The molecule has 1 aromatic rings. The number of anilines is 1. The number of amides is 2. The SMILES string of the molecule is CCCCNC(=O)CS(=O)(=O)CC(=O)Nc1ccc(C)cc1. The first kappa shape index (κ1) is 18.2. The first-order chi connectivity index (χ1) is 10.3. The third-order valence-corrected chi connectivity index (χ3v) is 4.29. The Balaban J connectivity index is 2.47. The zero-order valence-corrected chi connectivity index (χ0v) is 13.7. The van der Waals surface area contributed by atoms with Gasteiger partial charge in [-0.1, -0.05) is 31.0 Å². The maximum atomic E-state index is 11.8. The number of sulfone groups is 1. The van der Waals surface area contributed by atoms with Crippen LogP contribution < -0.4 is 10.6 Å². The number of aryl methyl sites for hydroxylation is 1. The van der Waals surface area contributed by atoms with E-state index >= 15 is 0 Å². The average molecular weight is 326 g/mol. The van der Waals surface area contributed by atoms with Crippen LogP contribution in [0, 0.1) is 6.92 Å². The Morgan fingerprint density at radius 2 is 1.64 bits per heavy atom. The second-order valence-corrected chi connectivity index (χ2v) is 7.21. The number of nitrogens with one attached hydrogen (secondary N) is 2. The molecule has 0 unspecified atom stereocenters. The molecule has 0 aromatic heterocycles. The van der Waals surface area contributed by atoms with Crippen LogP contribution in [0.2, 0.25) is 0 Å². The first-order valence-corrected chi connectivity index (χ1v) is 8.98. The Morgan fingerprint density at radius 3 is 2.23 bits per heavy atom. The van der Waals surface area contributed by atoms with E-state index in [0.717, 1.165) is 18.4 Å². The molecule has 0 aliphatic heterocycles. The van der Waals surface area contributed by atoms with Gasteiger partial charge in [-0.05, 0) is 25.5 Å². The minimum atomic E-state index is -3.77. The monoisotopic (exact) mass is 326 g/mol. The highest BCUT2D eigenvalue weighted by molar-refractivity contribution is 7.92. The Bertz CT molecular complexity index is 609. The number of rotatable bonds is 8. The molecule has 6 nitrogen and oxygen atoms in total. The molecule has 0 aliphatic carbocycles. The number of hydrogen-bond donors (Lipinski definition) is 2. The van der Waals surface area contributed by atoms with Crippen molar-refractivity contribution in [3.05, 3.63) is 29.8 Å². The van der Waals surface area contributed by atoms with Gasteiger partial charge in [-0.15, -0.1) is 0 Å². The zero-order chi connectivity index (χ0) is 16.6. The second-order valence-electron chi connectivity index (χ2n) is 5.15. The molecule has 0 radical (unpaired) electrons. The number of carbonyl (C=O) groups is 2. The van der Waals surface area contributed by atoms with Crippen molar-refractivity contribution in [1.82, 2.24) is 5.32 Å². The summed E-state index contributed by atoms with van der Waals surface area (Å²) >= 11 is 0. The van der Waals surface area contributed by atoms with Gasteiger partial charge >= 0.3 is 0 Å². The number of carbonyl (C=O) groups excluding carboxylic acids is 2. The van der Waals surface area contributed by atoms with Crippen molar-refractivity contribution < 1.29 is 18.0 Å². The van der Waals surface area contributed by atoms with Crippen LogP contribution >= 0.6 is 0 Å². The molecule has 2 N–H and O–H groups in total. The summed E-state index contributed by atoms with van der Waals surface area (Å²) in [6, 6.07) is 7.01. The number of benzene rings is 1. The standard InChI is InChI=1S/C15H22N2O4S/c1-3-4-9-16-14(18)10-22(20,21)11-15(19)17-13-7-5-12(2)6-8-13/h5-8H,3-4,9-11H2,1-2H3,(H,16,18)(H,17,19). The molecular formula is C15H22N2O4S. The fourth-order valence-corrected chi connectivity index (χ4v) is 2.82. The molecule has 0 bridgehead atoms. The van der Waals surface area contributed by atoms with Crippen molar-refractivity contribution in [2.45, 2.75) is 26.7 Å². The van der Waals surface area contributed by atoms with E-state index in [1.807, 2.05) is 26.0 Å². The molecule has 0 aliphatic rings. The lowest BCUT2D eigenvalue weighted by Crippen LogP contribution is -2.34. The molecule has 0 saturated heterocycles. The summed E-state index contributed by atoms with van der Waals surface area (Å²) < 4.78 is 23.6. The molecule has 122 valence electrons. The Labute approximate surface area is 131 Å². The van der Waals surface area contributed by atoms with Gasteiger partial charge in [-0.2, -0.15) is 0 Å². The van der Waals surface area contributed by atoms with Crippen LogP contribution in [0.5, 0.6) is 0 Å². The first-order valence-electron chi connectivity index (χ1n) is 7.16. The van der Waals surface area contributed by atoms with Crippen LogP contribution in [0.4, 0.5) is 5.69 Å². The lowest BCUT2D eigenvalue weighted by Gasteiger charge is -2.07. The molecule has 0 fully saturated rings. The Kier molecular flexibility index (Phi) is 7.04. The van der Waals surface area contributed by atoms with E-state index in [9.17, 15) is 18.0 Å². The molecule has 7 heteroatoms. The molecule has 0 heterocycles. The predicted molar refractivity (Wildman–Crippen MR) is 86.4 cm³/mol. The summed E-state index contributed by atoms with van der Waals surface area (Å²) in [5.74, 6) is -2.60. The molecule has 22 heavy (non-hydrogen) atoms. The van der Waals surface area contributed by atoms with Crippen molar-refractivity contribution in [2.75, 3.05) is 23.4 Å². The normalized spacial score (nSPS) is 11.0. The highest BCUT2D eigenvalue weighted by Crippen LogP contribution is 2.08. The molecule has 0 spiro atoms. The third kappa shape index (κ3) is 7.21. The molecule has 0 saturated carbocycles. The van der Waals surface area contributed by atoms with Gasteiger partial charge in [0.05, 0.1) is 0 Å². The fraction of sp³-hybridized carbons (Fsp3) is 0.467. The summed E-state index contributed by atoms with van der Waals surface area (Å²) in [7, 11) is -3.77. The molecule has 1 rings (SSSR count). The van der Waals surface area contributed by atoms with E-state index in [1.54, 1.807) is 12.1 Å². The molecular weight excluding hydrogens is 304 g/mol. The summed E-state index contributed by atoms with van der Waals surface area (Å²) in [5.41, 5.74) is 1.56. The molecule has 2 amide bonds. The second kappa shape index (κ2) is 8.53. The van der Waals surface area contributed by atoms with Gasteiger partial charge in [-0.25, -0.2) is 8.42 Å². The highest BCUT2D eigenvalue weighted by atomic mass is 32.2. The number of hydrogen-bond acceptors (Lipinski definition) is 4. The molecule has 0 atom stereocenters.